The van der Waals surface area contributed by atoms with Crippen LogP contribution in [-0.4, -0.2) is 33.3 Å². The Labute approximate surface area is 141 Å². The number of hydrogen-bond acceptors (Lipinski definition) is 4. The summed E-state index contributed by atoms with van der Waals surface area (Å²) in [5.41, 5.74) is 0.929. The Kier molecular flexibility index (Phi) is 6.71. The van der Waals surface area contributed by atoms with E-state index in [2.05, 4.69) is 5.32 Å². The van der Waals surface area contributed by atoms with Crippen molar-refractivity contribution in [2.45, 2.75) is 0 Å². The molecule has 5 heteroatoms. The summed E-state index contributed by atoms with van der Waals surface area (Å²) in [5, 5.41) is 2.77. The van der Waals surface area contributed by atoms with E-state index in [9.17, 15) is 4.79 Å². The van der Waals surface area contributed by atoms with Crippen LogP contribution in [0.1, 0.15) is 5.56 Å². The number of nitrogens with one attached hydrogen (secondary N) is 1. The molecule has 24 heavy (non-hydrogen) atoms. The van der Waals surface area contributed by atoms with Gasteiger partial charge in [0, 0.05) is 12.1 Å². The minimum Gasteiger partial charge on any atom is -0.497 e. The standard InChI is InChI=1S/C19H21NO4/c1-22-16-9-6-15(7-10-16)8-11-19(21)20-12-13-24-18-5-3-4-17(14-18)23-2/h3-11,14H,12-13H2,1-2H3,(H,20,21)/b11-8+. The molecule has 0 aliphatic carbocycles. The molecule has 2 aromatic rings. The molecule has 0 aliphatic rings. The molecule has 0 spiro atoms. The van der Waals surface area contributed by atoms with Crippen LogP contribution in [0, 0.1) is 0 Å². The molecule has 5 nitrogen and oxygen atoms in total. The minimum atomic E-state index is -0.167. The van der Waals surface area contributed by atoms with Gasteiger partial charge in [-0.2, -0.15) is 0 Å². The Morgan fingerprint density at radius 3 is 2.42 bits per heavy atom. The number of benzene rings is 2. The summed E-state index contributed by atoms with van der Waals surface area (Å²) >= 11 is 0. The Hall–Kier alpha value is -2.95. The lowest BCUT2D eigenvalue weighted by Gasteiger charge is -2.07. The number of hydrogen-bond donors (Lipinski definition) is 1. The van der Waals surface area contributed by atoms with Crippen LogP contribution in [0.5, 0.6) is 17.2 Å². The Morgan fingerprint density at radius 2 is 1.71 bits per heavy atom. The number of carbonyl (C=O) groups excluding carboxylic acids is 1. The van der Waals surface area contributed by atoms with E-state index < -0.39 is 0 Å². The van der Waals surface area contributed by atoms with E-state index in [1.807, 2.05) is 42.5 Å². The molecule has 0 atom stereocenters. The summed E-state index contributed by atoms with van der Waals surface area (Å²) in [4.78, 5) is 11.8. The van der Waals surface area contributed by atoms with Crippen LogP contribution in [0.2, 0.25) is 0 Å². The van der Waals surface area contributed by atoms with E-state index >= 15 is 0 Å². The summed E-state index contributed by atoms with van der Waals surface area (Å²) < 4.78 is 15.8. The average molecular weight is 327 g/mol. The summed E-state index contributed by atoms with van der Waals surface area (Å²) in [7, 11) is 3.22. The first kappa shape index (κ1) is 17.4. The molecule has 0 saturated carbocycles. The van der Waals surface area contributed by atoms with Crippen LogP contribution in [0.3, 0.4) is 0 Å². The maximum absolute atomic E-state index is 11.8. The number of ether oxygens (including phenoxy) is 3. The molecular formula is C19H21NO4. The molecule has 2 aromatic carbocycles. The molecule has 0 aromatic heterocycles. The minimum absolute atomic E-state index is 0.167. The van der Waals surface area contributed by atoms with Gasteiger partial charge in [0.2, 0.25) is 5.91 Å². The zero-order chi connectivity index (χ0) is 17.2. The van der Waals surface area contributed by atoms with Crippen molar-refractivity contribution in [3.8, 4) is 17.2 Å². The van der Waals surface area contributed by atoms with Crippen molar-refractivity contribution in [1.29, 1.82) is 0 Å². The van der Waals surface area contributed by atoms with Gasteiger partial charge in [0.15, 0.2) is 0 Å². The van der Waals surface area contributed by atoms with Crippen molar-refractivity contribution in [1.82, 2.24) is 5.32 Å². The van der Waals surface area contributed by atoms with Crippen LogP contribution >= 0.6 is 0 Å². The topological polar surface area (TPSA) is 56.8 Å². The summed E-state index contributed by atoms with van der Waals surface area (Å²) in [6, 6.07) is 14.8. The van der Waals surface area contributed by atoms with Crippen molar-refractivity contribution in [2.75, 3.05) is 27.4 Å². The van der Waals surface area contributed by atoms with Gasteiger partial charge in [-0.15, -0.1) is 0 Å². The fourth-order valence-corrected chi connectivity index (χ4v) is 1.98. The van der Waals surface area contributed by atoms with Gasteiger partial charge in [-0.05, 0) is 35.9 Å². The van der Waals surface area contributed by atoms with Gasteiger partial charge in [-0.1, -0.05) is 18.2 Å². The lowest BCUT2D eigenvalue weighted by atomic mass is 10.2. The van der Waals surface area contributed by atoms with Crippen molar-refractivity contribution in [2.24, 2.45) is 0 Å². The third-order valence-electron chi connectivity index (χ3n) is 3.25. The highest BCUT2D eigenvalue weighted by Crippen LogP contribution is 2.18. The van der Waals surface area contributed by atoms with Gasteiger partial charge in [-0.3, -0.25) is 4.79 Å². The molecule has 0 unspecified atom stereocenters. The van der Waals surface area contributed by atoms with Crippen molar-refractivity contribution < 1.29 is 19.0 Å². The van der Waals surface area contributed by atoms with Crippen LogP contribution in [0.15, 0.2) is 54.6 Å². The Balaban J connectivity index is 1.71. The Morgan fingerprint density at radius 1 is 1.00 bits per heavy atom. The van der Waals surface area contributed by atoms with E-state index in [0.717, 1.165) is 17.1 Å². The van der Waals surface area contributed by atoms with E-state index in [-0.39, 0.29) is 5.91 Å². The van der Waals surface area contributed by atoms with Crippen LogP contribution in [0.4, 0.5) is 0 Å². The van der Waals surface area contributed by atoms with Gasteiger partial charge in [0.05, 0.1) is 20.8 Å². The van der Waals surface area contributed by atoms with E-state index in [4.69, 9.17) is 14.2 Å². The van der Waals surface area contributed by atoms with Gasteiger partial charge in [0.1, 0.15) is 23.9 Å². The number of carbonyl (C=O) groups is 1. The summed E-state index contributed by atoms with van der Waals surface area (Å²) in [6.07, 6.45) is 3.24. The zero-order valence-electron chi connectivity index (χ0n) is 13.8. The molecule has 0 bridgehead atoms. The molecule has 1 amide bonds. The second kappa shape index (κ2) is 9.25. The SMILES string of the molecule is COc1ccc(/C=C/C(=O)NCCOc2cccc(OC)c2)cc1. The molecule has 2 rings (SSSR count). The van der Waals surface area contributed by atoms with Gasteiger partial charge < -0.3 is 19.5 Å². The van der Waals surface area contributed by atoms with Gasteiger partial charge in [0.25, 0.3) is 0 Å². The fraction of sp³-hybridized carbons (Fsp3) is 0.211. The first-order valence-electron chi connectivity index (χ1n) is 7.58. The normalized spacial score (nSPS) is 10.4. The van der Waals surface area contributed by atoms with Crippen LogP contribution < -0.4 is 19.5 Å². The monoisotopic (exact) mass is 327 g/mol. The maximum atomic E-state index is 11.8. The predicted molar refractivity (Wildman–Crippen MR) is 93.5 cm³/mol. The maximum Gasteiger partial charge on any atom is 0.244 e. The number of rotatable bonds is 8. The second-order valence-electron chi connectivity index (χ2n) is 4.92. The second-order valence-corrected chi connectivity index (χ2v) is 4.92. The average Bonchev–Trinajstić information content (AvgIpc) is 2.64. The highest BCUT2D eigenvalue weighted by Gasteiger charge is 1.98. The Bertz CT molecular complexity index is 680. The van der Waals surface area contributed by atoms with E-state index in [0.29, 0.717) is 18.9 Å². The molecular weight excluding hydrogens is 306 g/mol. The highest BCUT2D eigenvalue weighted by molar-refractivity contribution is 5.91. The smallest absolute Gasteiger partial charge is 0.244 e. The fourth-order valence-electron chi connectivity index (χ4n) is 1.98. The molecule has 126 valence electrons. The lowest BCUT2D eigenvalue weighted by Crippen LogP contribution is -2.26. The van der Waals surface area contributed by atoms with Crippen molar-refractivity contribution >= 4 is 12.0 Å². The molecule has 0 aliphatic heterocycles. The van der Waals surface area contributed by atoms with Gasteiger partial charge >= 0.3 is 0 Å². The van der Waals surface area contributed by atoms with Crippen molar-refractivity contribution in [3.63, 3.8) is 0 Å². The summed E-state index contributed by atoms with van der Waals surface area (Å²) in [6.45, 7) is 0.804. The molecule has 0 saturated heterocycles. The zero-order valence-corrected chi connectivity index (χ0v) is 13.8. The van der Waals surface area contributed by atoms with E-state index in [1.54, 1.807) is 26.4 Å². The first-order valence-corrected chi connectivity index (χ1v) is 7.58. The lowest BCUT2D eigenvalue weighted by molar-refractivity contribution is -0.116. The van der Waals surface area contributed by atoms with Crippen LogP contribution in [-0.2, 0) is 4.79 Å². The first-order chi connectivity index (χ1) is 11.7. The quantitative estimate of drug-likeness (QED) is 0.598. The highest BCUT2D eigenvalue weighted by atomic mass is 16.5. The number of methoxy groups -OCH3 is 2. The third kappa shape index (κ3) is 5.68. The largest absolute Gasteiger partial charge is 0.497 e. The van der Waals surface area contributed by atoms with Crippen LogP contribution in [0.25, 0.3) is 6.08 Å². The van der Waals surface area contributed by atoms with E-state index in [1.165, 1.54) is 6.08 Å². The third-order valence-corrected chi connectivity index (χ3v) is 3.25. The van der Waals surface area contributed by atoms with Gasteiger partial charge in [-0.25, -0.2) is 0 Å². The molecule has 0 radical (unpaired) electrons. The molecule has 0 heterocycles. The predicted octanol–water partition coefficient (Wildman–Crippen LogP) is 2.91. The molecule has 0 fully saturated rings. The van der Waals surface area contributed by atoms with Crippen molar-refractivity contribution in [3.05, 3.63) is 60.2 Å². The summed E-state index contributed by atoms with van der Waals surface area (Å²) in [5.74, 6) is 2.06. The number of amides is 1. The molecule has 1 N–H and O–H groups in total.